The zero-order valence-electron chi connectivity index (χ0n) is 14.9. The molecule has 0 bridgehead atoms. The molecular weight excluding hydrogens is 327 g/mol. The van der Waals surface area contributed by atoms with Crippen LogP contribution in [0.2, 0.25) is 0 Å². The second-order valence-corrected chi connectivity index (χ2v) is 7.18. The van der Waals surface area contributed by atoms with E-state index in [9.17, 15) is 9.18 Å². The minimum Gasteiger partial charge on any atom is -0.444 e. The van der Waals surface area contributed by atoms with Crippen LogP contribution in [0.3, 0.4) is 0 Å². The van der Waals surface area contributed by atoms with Gasteiger partial charge >= 0.3 is 6.09 Å². The van der Waals surface area contributed by atoms with Crippen LogP contribution in [0.1, 0.15) is 32.4 Å². The van der Waals surface area contributed by atoms with Crippen molar-refractivity contribution in [3.63, 3.8) is 0 Å². The lowest BCUT2D eigenvalue weighted by molar-refractivity contribution is -0.00894. The maximum Gasteiger partial charge on any atom is 0.410 e. The van der Waals surface area contributed by atoms with Crippen molar-refractivity contribution in [3.05, 3.63) is 35.6 Å². The Hall–Kier alpha value is -2.35. The van der Waals surface area contributed by atoms with Crippen molar-refractivity contribution in [2.45, 2.75) is 38.5 Å². The number of likely N-dealkylation sites (tertiary alicyclic amines) is 1. The van der Waals surface area contributed by atoms with E-state index in [-0.39, 0.29) is 23.8 Å². The minimum atomic E-state index is -0.556. The van der Waals surface area contributed by atoms with E-state index in [4.69, 9.17) is 15.7 Å². The van der Waals surface area contributed by atoms with Gasteiger partial charge in [0.2, 0.25) is 0 Å². The van der Waals surface area contributed by atoms with Crippen LogP contribution >= 0.6 is 0 Å². The zero-order valence-corrected chi connectivity index (χ0v) is 14.9. The van der Waals surface area contributed by atoms with Gasteiger partial charge in [0.05, 0.1) is 12.1 Å². The number of amidine groups is 1. The highest BCUT2D eigenvalue weighted by Crippen LogP contribution is 2.28. The number of carbonyl (C=O) groups excluding carboxylic acids is 1. The molecule has 8 heteroatoms. The predicted octanol–water partition coefficient (Wildman–Crippen LogP) is 2.16. The van der Waals surface area contributed by atoms with Crippen molar-refractivity contribution in [2.75, 3.05) is 20.1 Å². The van der Waals surface area contributed by atoms with Crippen LogP contribution < -0.4 is 5.73 Å². The van der Waals surface area contributed by atoms with E-state index < -0.39 is 11.6 Å². The van der Waals surface area contributed by atoms with Gasteiger partial charge in [-0.1, -0.05) is 17.3 Å². The summed E-state index contributed by atoms with van der Waals surface area (Å²) in [5.41, 5.74) is 5.98. The molecule has 25 heavy (non-hydrogen) atoms. The Balaban J connectivity index is 2.04. The molecule has 1 aliphatic rings. The third-order valence-electron chi connectivity index (χ3n) is 4.07. The molecule has 138 valence electrons. The number of likely N-dealkylation sites (N-methyl/N-ethyl adjacent to an activating group) is 1. The van der Waals surface area contributed by atoms with Crippen molar-refractivity contribution in [1.82, 2.24) is 9.80 Å². The topological polar surface area (TPSA) is 91.4 Å². The first kappa shape index (κ1) is 19.0. The van der Waals surface area contributed by atoms with Gasteiger partial charge in [-0.3, -0.25) is 4.90 Å². The minimum absolute atomic E-state index is 0.0185. The maximum absolute atomic E-state index is 13.1. The number of nitrogens with two attached hydrogens (primary N) is 1. The molecule has 3 N–H and O–H groups in total. The van der Waals surface area contributed by atoms with Gasteiger partial charge in [0.15, 0.2) is 5.84 Å². The van der Waals surface area contributed by atoms with E-state index in [2.05, 4.69) is 5.16 Å². The van der Waals surface area contributed by atoms with E-state index in [1.807, 2.05) is 25.7 Å². The van der Waals surface area contributed by atoms with Crippen LogP contribution in [0.25, 0.3) is 0 Å². The fourth-order valence-corrected chi connectivity index (χ4v) is 2.70. The molecule has 1 fully saturated rings. The molecule has 1 saturated heterocycles. The van der Waals surface area contributed by atoms with Gasteiger partial charge in [0.25, 0.3) is 0 Å². The summed E-state index contributed by atoms with van der Waals surface area (Å²) in [5, 5.41) is 12.2. The summed E-state index contributed by atoms with van der Waals surface area (Å²) in [6.45, 7) is 6.51. The van der Waals surface area contributed by atoms with Crippen LogP contribution in [0.15, 0.2) is 29.4 Å². The number of hydrogen-bond acceptors (Lipinski definition) is 5. The summed E-state index contributed by atoms with van der Waals surface area (Å²) in [5.74, 6) is -0.335. The Morgan fingerprint density at radius 3 is 2.44 bits per heavy atom. The molecule has 1 amide bonds. The maximum atomic E-state index is 13.1. The quantitative estimate of drug-likeness (QED) is 0.375. The monoisotopic (exact) mass is 352 g/mol. The van der Waals surface area contributed by atoms with E-state index >= 15 is 0 Å². The van der Waals surface area contributed by atoms with Gasteiger partial charge in [0, 0.05) is 20.1 Å². The van der Waals surface area contributed by atoms with Crippen LogP contribution in [-0.2, 0) is 4.74 Å². The molecule has 1 aromatic carbocycles. The molecule has 0 unspecified atom stereocenters. The average Bonchev–Trinajstić information content (AvgIpc) is 2.48. The van der Waals surface area contributed by atoms with Crippen molar-refractivity contribution < 1.29 is 19.1 Å². The van der Waals surface area contributed by atoms with Crippen molar-refractivity contribution in [3.8, 4) is 0 Å². The summed E-state index contributed by atoms with van der Waals surface area (Å²) < 4.78 is 18.5. The molecular formula is C17H25FN4O3. The molecule has 0 aromatic heterocycles. The molecule has 1 aliphatic heterocycles. The smallest absolute Gasteiger partial charge is 0.410 e. The Kier molecular flexibility index (Phi) is 5.52. The second-order valence-electron chi connectivity index (χ2n) is 7.18. The molecule has 0 spiro atoms. The lowest BCUT2D eigenvalue weighted by Gasteiger charge is -2.47. The lowest BCUT2D eigenvalue weighted by Crippen LogP contribution is -2.62. The predicted molar refractivity (Wildman–Crippen MR) is 91.9 cm³/mol. The highest BCUT2D eigenvalue weighted by molar-refractivity contribution is 5.86. The largest absolute Gasteiger partial charge is 0.444 e. The Morgan fingerprint density at radius 1 is 1.40 bits per heavy atom. The molecule has 1 aromatic rings. The van der Waals surface area contributed by atoms with Crippen molar-refractivity contribution >= 4 is 11.9 Å². The van der Waals surface area contributed by atoms with Crippen LogP contribution in [-0.4, -0.2) is 58.7 Å². The van der Waals surface area contributed by atoms with E-state index in [0.717, 1.165) is 5.56 Å². The number of amides is 1. The highest BCUT2D eigenvalue weighted by Gasteiger charge is 2.39. The number of oxime groups is 1. The molecule has 7 nitrogen and oxygen atoms in total. The van der Waals surface area contributed by atoms with Crippen molar-refractivity contribution in [2.24, 2.45) is 10.9 Å². The first-order valence-corrected chi connectivity index (χ1v) is 8.05. The molecule has 0 saturated carbocycles. The third kappa shape index (κ3) is 4.60. The normalized spacial score (nSPS) is 17.7. The van der Waals surface area contributed by atoms with E-state index in [1.165, 1.54) is 12.1 Å². The van der Waals surface area contributed by atoms with Gasteiger partial charge in [-0.25, -0.2) is 9.18 Å². The van der Waals surface area contributed by atoms with E-state index in [0.29, 0.717) is 13.1 Å². The van der Waals surface area contributed by atoms with Gasteiger partial charge in [-0.05, 0) is 38.5 Å². The summed E-state index contributed by atoms with van der Waals surface area (Å²) in [6.07, 6.45) is -0.390. The number of ether oxygens (including phenoxy) is 1. The number of nitrogens with zero attached hydrogens (tertiary/aromatic N) is 3. The van der Waals surface area contributed by atoms with E-state index in [1.54, 1.807) is 24.1 Å². The Bertz CT molecular complexity index is 636. The fraction of sp³-hybridized carbons (Fsp3) is 0.529. The highest BCUT2D eigenvalue weighted by atomic mass is 19.1. The lowest BCUT2D eigenvalue weighted by atomic mass is 9.97. The fourth-order valence-electron chi connectivity index (χ4n) is 2.70. The molecule has 1 heterocycles. The first-order valence-electron chi connectivity index (χ1n) is 8.05. The molecule has 1 atom stereocenters. The first-order chi connectivity index (χ1) is 11.6. The van der Waals surface area contributed by atoms with Crippen LogP contribution in [0.5, 0.6) is 0 Å². The Labute approximate surface area is 146 Å². The third-order valence-corrected chi connectivity index (χ3v) is 4.07. The zero-order chi connectivity index (χ0) is 18.8. The molecule has 0 radical (unpaired) electrons. The number of halogens is 1. The summed E-state index contributed by atoms with van der Waals surface area (Å²) in [7, 11) is 1.69. The molecule has 2 rings (SSSR count). The number of benzene rings is 1. The van der Waals surface area contributed by atoms with Gasteiger partial charge < -0.3 is 20.6 Å². The van der Waals surface area contributed by atoms with Crippen molar-refractivity contribution in [1.29, 1.82) is 0 Å². The SMILES string of the molecule is CN(C(=O)OC(C)(C)C)C1CN([C@@H](C(N)=NO)c2ccc(F)cc2)C1. The second kappa shape index (κ2) is 7.26. The summed E-state index contributed by atoms with van der Waals surface area (Å²) >= 11 is 0. The van der Waals surface area contributed by atoms with Gasteiger partial charge in [-0.15, -0.1) is 0 Å². The number of rotatable bonds is 4. The summed E-state index contributed by atoms with van der Waals surface area (Å²) in [6, 6.07) is 5.35. The van der Waals surface area contributed by atoms with Crippen LogP contribution in [0.4, 0.5) is 9.18 Å². The van der Waals surface area contributed by atoms with Crippen LogP contribution in [0, 0.1) is 5.82 Å². The Morgan fingerprint density at radius 2 is 1.96 bits per heavy atom. The number of hydrogen-bond donors (Lipinski definition) is 2. The number of carbonyl (C=O) groups is 1. The van der Waals surface area contributed by atoms with Gasteiger partial charge in [-0.2, -0.15) is 0 Å². The summed E-state index contributed by atoms with van der Waals surface area (Å²) in [4.78, 5) is 15.6. The standard InChI is InChI=1S/C17H25FN4O3/c1-17(2,3)25-16(23)21(4)13-9-22(10-13)14(15(19)20-24)11-5-7-12(18)8-6-11/h5-8,13-14,24H,9-10H2,1-4H3,(H2,19,20)/t14-/m1/s1. The molecule has 0 aliphatic carbocycles. The van der Waals surface area contributed by atoms with Gasteiger partial charge in [0.1, 0.15) is 11.4 Å². The average molecular weight is 352 g/mol.